The largest absolute Gasteiger partial charge is 0.480 e. The molecule has 2 N–H and O–H groups in total. The van der Waals surface area contributed by atoms with Gasteiger partial charge in [0, 0.05) is 12.6 Å². The first-order chi connectivity index (χ1) is 6.63. The average molecular weight is 200 g/mol. The van der Waals surface area contributed by atoms with Crippen LogP contribution in [0.1, 0.15) is 19.8 Å². The molecule has 0 atom stereocenters. The van der Waals surface area contributed by atoms with Gasteiger partial charge in [-0.2, -0.15) is 0 Å². The van der Waals surface area contributed by atoms with Crippen molar-refractivity contribution < 1.29 is 14.7 Å². The highest BCUT2D eigenvalue weighted by atomic mass is 16.4. The lowest BCUT2D eigenvalue weighted by Crippen LogP contribution is -2.40. The maximum absolute atomic E-state index is 11.2. The zero-order chi connectivity index (χ0) is 10.6. The van der Waals surface area contributed by atoms with Crippen molar-refractivity contribution in [3.63, 3.8) is 0 Å². The van der Waals surface area contributed by atoms with Crippen LogP contribution in [0.15, 0.2) is 0 Å². The van der Waals surface area contributed by atoms with Gasteiger partial charge in [0.25, 0.3) is 0 Å². The average Bonchev–Trinajstić information content (AvgIpc) is 2.84. The van der Waals surface area contributed by atoms with Crippen molar-refractivity contribution in [1.29, 1.82) is 0 Å². The number of hydrogen-bond acceptors (Lipinski definition) is 3. The number of nitrogens with one attached hydrogen (secondary N) is 1. The Kier molecular flexibility index (Phi) is 3.88. The Balaban J connectivity index is 2.34. The van der Waals surface area contributed by atoms with Crippen molar-refractivity contribution in [3.05, 3.63) is 0 Å². The van der Waals surface area contributed by atoms with Gasteiger partial charge in [0.1, 0.15) is 0 Å². The quantitative estimate of drug-likeness (QED) is 0.616. The number of carbonyl (C=O) groups excluding carboxylic acids is 1. The molecule has 1 saturated carbocycles. The van der Waals surface area contributed by atoms with E-state index in [1.54, 1.807) is 4.90 Å². The Bertz CT molecular complexity index is 226. The lowest BCUT2D eigenvalue weighted by molar-refractivity contribution is -0.138. The van der Waals surface area contributed by atoms with E-state index in [2.05, 4.69) is 5.32 Å². The van der Waals surface area contributed by atoms with Gasteiger partial charge < -0.3 is 10.4 Å². The fraction of sp³-hybridized carbons (Fsp3) is 0.778. The van der Waals surface area contributed by atoms with Gasteiger partial charge in [0.15, 0.2) is 0 Å². The Hall–Kier alpha value is -1.10. The van der Waals surface area contributed by atoms with Crippen molar-refractivity contribution >= 4 is 11.9 Å². The molecule has 5 heteroatoms. The van der Waals surface area contributed by atoms with Crippen LogP contribution in [-0.4, -0.2) is 47.6 Å². The van der Waals surface area contributed by atoms with Gasteiger partial charge in [0.05, 0.1) is 13.1 Å². The fourth-order valence-corrected chi connectivity index (χ4v) is 1.37. The molecule has 1 rings (SSSR count). The first kappa shape index (κ1) is 11.0. The van der Waals surface area contributed by atoms with Crippen molar-refractivity contribution in [3.8, 4) is 0 Å². The van der Waals surface area contributed by atoms with Gasteiger partial charge in [-0.15, -0.1) is 0 Å². The number of nitrogens with zero attached hydrogens (tertiary/aromatic N) is 1. The summed E-state index contributed by atoms with van der Waals surface area (Å²) in [6.07, 6.45) is 2.01. The Morgan fingerprint density at radius 2 is 2.07 bits per heavy atom. The number of likely N-dealkylation sites (N-methyl/N-ethyl adjacent to an activating group) is 1. The van der Waals surface area contributed by atoms with Gasteiger partial charge in [-0.3, -0.25) is 14.5 Å². The molecular formula is C9H16N2O3. The van der Waals surface area contributed by atoms with Crippen LogP contribution in [0.5, 0.6) is 0 Å². The highest BCUT2D eigenvalue weighted by molar-refractivity contribution is 5.79. The second kappa shape index (κ2) is 4.95. The molecule has 0 radical (unpaired) electrons. The fourth-order valence-electron chi connectivity index (χ4n) is 1.37. The molecule has 80 valence electrons. The number of carboxylic acid groups (broad SMARTS) is 1. The van der Waals surface area contributed by atoms with Crippen LogP contribution in [0.2, 0.25) is 0 Å². The summed E-state index contributed by atoms with van der Waals surface area (Å²) in [7, 11) is 0. The minimum atomic E-state index is -0.874. The van der Waals surface area contributed by atoms with Gasteiger partial charge in [0.2, 0.25) is 5.91 Å². The van der Waals surface area contributed by atoms with Crippen molar-refractivity contribution in [2.45, 2.75) is 25.8 Å². The lowest BCUT2D eigenvalue weighted by atomic mass is 10.4. The summed E-state index contributed by atoms with van der Waals surface area (Å²) < 4.78 is 0. The minimum absolute atomic E-state index is 0.0399. The van der Waals surface area contributed by atoms with Gasteiger partial charge in [-0.25, -0.2) is 0 Å². The maximum atomic E-state index is 11.2. The molecule has 1 amide bonds. The highest BCUT2D eigenvalue weighted by Gasteiger charge is 2.31. The van der Waals surface area contributed by atoms with E-state index >= 15 is 0 Å². The highest BCUT2D eigenvalue weighted by Crippen LogP contribution is 2.26. The predicted molar refractivity (Wildman–Crippen MR) is 50.9 cm³/mol. The third-order valence-electron chi connectivity index (χ3n) is 2.12. The third kappa shape index (κ3) is 3.74. The van der Waals surface area contributed by atoms with E-state index in [0.717, 1.165) is 12.8 Å². The molecule has 14 heavy (non-hydrogen) atoms. The van der Waals surface area contributed by atoms with Crippen molar-refractivity contribution in [1.82, 2.24) is 10.2 Å². The summed E-state index contributed by atoms with van der Waals surface area (Å²) in [6.45, 7) is 2.59. The van der Waals surface area contributed by atoms with E-state index in [0.29, 0.717) is 12.6 Å². The van der Waals surface area contributed by atoms with Crippen LogP contribution in [0.4, 0.5) is 0 Å². The SMILES string of the molecule is CCNC(=O)CN(CC(=O)O)C1CC1. The summed E-state index contributed by atoms with van der Waals surface area (Å²) in [5, 5.41) is 11.3. The van der Waals surface area contributed by atoms with Crippen molar-refractivity contribution in [2.75, 3.05) is 19.6 Å². The van der Waals surface area contributed by atoms with Crippen LogP contribution < -0.4 is 5.32 Å². The molecule has 0 aromatic carbocycles. The summed E-state index contributed by atoms with van der Waals surface area (Å²) in [6, 6.07) is 0.300. The van der Waals surface area contributed by atoms with Crippen LogP contribution in [0, 0.1) is 0 Å². The normalized spacial score (nSPS) is 15.6. The third-order valence-corrected chi connectivity index (χ3v) is 2.12. The van der Waals surface area contributed by atoms with E-state index in [9.17, 15) is 9.59 Å². The molecule has 5 nitrogen and oxygen atoms in total. The summed E-state index contributed by atoms with van der Waals surface area (Å²) >= 11 is 0. The molecule has 0 aliphatic heterocycles. The summed E-state index contributed by atoms with van der Waals surface area (Å²) in [4.78, 5) is 23.4. The second-order valence-electron chi connectivity index (χ2n) is 3.48. The zero-order valence-electron chi connectivity index (χ0n) is 8.32. The smallest absolute Gasteiger partial charge is 0.317 e. The Labute approximate surface area is 83.1 Å². The molecule has 0 aromatic heterocycles. The first-order valence-electron chi connectivity index (χ1n) is 4.86. The number of aliphatic carboxylic acids is 1. The molecule has 0 unspecified atom stereocenters. The number of carboxylic acids is 1. The van der Waals surface area contributed by atoms with E-state index < -0.39 is 5.97 Å². The number of amides is 1. The van der Waals surface area contributed by atoms with Crippen LogP contribution in [-0.2, 0) is 9.59 Å². The van der Waals surface area contributed by atoms with E-state index in [1.807, 2.05) is 6.92 Å². The Morgan fingerprint density at radius 1 is 1.43 bits per heavy atom. The second-order valence-corrected chi connectivity index (χ2v) is 3.48. The molecule has 1 fully saturated rings. The molecule has 0 spiro atoms. The molecule has 0 aromatic rings. The standard InChI is InChI=1S/C9H16N2O3/c1-2-10-8(12)5-11(6-9(13)14)7-3-4-7/h7H,2-6H2,1H3,(H,10,12)(H,13,14). The molecule has 1 aliphatic carbocycles. The van der Waals surface area contributed by atoms with Gasteiger partial charge in [-0.1, -0.05) is 0 Å². The van der Waals surface area contributed by atoms with E-state index in [1.165, 1.54) is 0 Å². The number of rotatable bonds is 6. The zero-order valence-corrected chi connectivity index (χ0v) is 8.32. The maximum Gasteiger partial charge on any atom is 0.317 e. The molecule has 0 bridgehead atoms. The van der Waals surface area contributed by atoms with Crippen LogP contribution in [0.3, 0.4) is 0 Å². The first-order valence-corrected chi connectivity index (χ1v) is 4.86. The molecule has 1 aliphatic rings. The van der Waals surface area contributed by atoms with Crippen LogP contribution >= 0.6 is 0 Å². The molecule has 0 heterocycles. The topological polar surface area (TPSA) is 69.6 Å². The monoisotopic (exact) mass is 200 g/mol. The lowest BCUT2D eigenvalue weighted by Gasteiger charge is -2.18. The predicted octanol–water partition coefficient (Wildman–Crippen LogP) is -0.328. The van der Waals surface area contributed by atoms with Gasteiger partial charge in [-0.05, 0) is 19.8 Å². The molecule has 0 saturated heterocycles. The number of carbonyl (C=O) groups is 2. The Morgan fingerprint density at radius 3 is 2.50 bits per heavy atom. The summed E-state index contributed by atoms with van der Waals surface area (Å²) in [5.41, 5.74) is 0. The van der Waals surface area contributed by atoms with E-state index in [-0.39, 0.29) is 19.0 Å². The summed E-state index contributed by atoms with van der Waals surface area (Å²) in [5.74, 6) is -0.971. The van der Waals surface area contributed by atoms with E-state index in [4.69, 9.17) is 5.11 Å². The van der Waals surface area contributed by atoms with Gasteiger partial charge >= 0.3 is 5.97 Å². The van der Waals surface area contributed by atoms with Crippen molar-refractivity contribution in [2.24, 2.45) is 0 Å². The van der Waals surface area contributed by atoms with Crippen LogP contribution in [0.25, 0.3) is 0 Å². The molecular weight excluding hydrogens is 184 g/mol. The number of hydrogen-bond donors (Lipinski definition) is 2. The minimum Gasteiger partial charge on any atom is -0.480 e.